The van der Waals surface area contributed by atoms with Gasteiger partial charge in [-0.25, -0.2) is 14.8 Å². The van der Waals surface area contributed by atoms with Gasteiger partial charge in [-0.15, -0.1) is 6.58 Å². The van der Waals surface area contributed by atoms with Crippen LogP contribution in [-0.2, 0) is 29.1 Å². The lowest BCUT2D eigenvalue weighted by molar-refractivity contribution is -0.189. The second kappa shape index (κ2) is 13.5. The van der Waals surface area contributed by atoms with Crippen LogP contribution in [0.2, 0.25) is 0 Å². The molecule has 2 fully saturated rings. The number of piperazine rings is 1. The van der Waals surface area contributed by atoms with E-state index in [0.29, 0.717) is 18.0 Å². The van der Waals surface area contributed by atoms with Crippen LogP contribution < -0.4 is 14.8 Å². The minimum atomic E-state index is -0.874. The summed E-state index contributed by atoms with van der Waals surface area (Å²) < 4.78 is 10.9. The molecule has 0 aromatic heterocycles. The van der Waals surface area contributed by atoms with Crippen molar-refractivity contribution in [3.05, 3.63) is 102 Å². The topological polar surface area (TPSA) is 115 Å². The predicted octanol–water partition coefficient (Wildman–Crippen LogP) is 3.15. The number of carbonyl (C=O) groups excluding carboxylic acids is 3. The lowest BCUT2D eigenvalue weighted by Crippen LogP contribution is -2.76. The summed E-state index contributed by atoms with van der Waals surface area (Å²) in [4.78, 5) is 45.0. The van der Waals surface area contributed by atoms with Gasteiger partial charge >= 0.3 is 6.03 Å². The van der Waals surface area contributed by atoms with Crippen molar-refractivity contribution < 1.29 is 29.0 Å². The lowest BCUT2D eigenvalue weighted by Gasteiger charge is -2.55. The smallest absolute Gasteiger partial charge is 0.334 e. The van der Waals surface area contributed by atoms with Crippen molar-refractivity contribution in [1.29, 1.82) is 0 Å². The number of benzene rings is 3. The molecular weight excluding hydrogens is 562 g/mol. The minimum absolute atomic E-state index is 0.0870. The second-order valence-electron chi connectivity index (χ2n) is 10.7. The number of urea groups is 1. The van der Waals surface area contributed by atoms with Crippen molar-refractivity contribution in [2.24, 2.45) is 0 Å². The normalized spacial score (nSPS) is 18.5. The highest BCUT2D eigenvalue weighted by Gasteiger charge is 2.51. The number of ether oxygens (including phenoxy) is 2. The van der Waals surface area contributed by atoms with Crippen LogP contribution in [0.25, 0.3) is 0 Å². The average molecular weight is 600 g/mol. The quantitative estimate of drug-likeness (QED) is 0.344. The van der Waals surface area contributed by atoms with Crippen LogP contribution >= 0.6 is 0 Å². The summed E-state index contributed by atoms with van der Waals surface area (Å²) in [5, 5.41) is 16.0. The monoisotopic (exact) mass is 599 g/mol. The van der Waals surface area contributed by atoms with Gasteiger partial charge < -0.3 is 29.7 Å². The molecule has 0 bridgehead atoms. The maximum atomic E-state index is 14.2. The number of nitrogens with zero attached hydrogens (tertiary/aromatic N) is 4. The van der Waals surface area contributed by atoms with Crippen LogP contribution in [0.15, 0.2) is 85.5 Å². The summed E-state index contributed by atoms with van der Waals surface area (Å²) >= 11 is 0. The molecule has 3 aromatic rings. The third-order valence-electron chi connectivity index (χ3n) is 7.85. The fourth-order valence-electron chi connectivity index (χ4n) is 5.75. The van der Waals surface area contributed by atoms with Gasteiger partial charge in [-0.3, -0.25) is 9.59 Å². The van der Waals surface area contributed by atoms with Gasteiger partial charge in [0.15, 0.2) is 11.5 Å². The van der Waals surface area contributed by atoms with Crippen LogP contribution in [-0.4, -0.2) is 88.8 Å². The molecule has 2 unspecified atom stereocenters. The molecule has 2 heterocycles. The minimum Gasteiger partial charge on any atom is -0.508 e. The fourth-order valence-corrected chi connectivity index (χ4v) is 5.75. The summed E-state index contributed by atoms with van der Waals surface area (Å²) in [5.74, 6) is 0.707. The molecule has 5 rings (SSSR count). The van der Waals surface area contributed by atoms with Crippen molar-refractivity contribution in [1.82, 2.24) is 25.1 Å². The molecule has 11 nitrogen and oxygen atoms in total. The Balaban J connectivity index is 1.50. The molecule has 2 aliphatic rings. The maximum Gasteiger partial charge on any atom is 0.334 e. The third kappa shape index (κ3) is 6.47. The first kappa shape index (κ1) is 30.4. The van der Waals surface area contributed by atoms with E-state index in [1.54, 1.807) is 70.4 Å². The van der Waals surface area contributed by atoms with E-state index in [1.807, 2.05) is 42.5 Å². The number of phenols is 1. The standard InChI is InChI=1S/C33H37N5O6/c1-4-16-36-22-31(40)37-27(17-23-10-13-26(39)14-11-23)32(41)35(20-25-12-15-28(43-2)29(18-25)44-3)21-30(37)38(36)33(42)34-19-24-8-6-5-7-9-24/h4-15,18,27,30,39H,1,16-17,19-22H2,2-3H3,(H,34,42). The molecule has 230 valence electrons. The van der Waals surface area contributed by atoms with E-state index in [1.165, 1.54) is 0 Å². The van der Waals surface area contributed by atoms with E-state index in [0.717, 1.165) is 16.7 Å². The van der Waals surface area contributed by atoms with Crippen LogP contribution in [0, 0.1) is 0 Å². The van der Waals surface area contributed by atoms with Crippen molar-refractivity contribution in [3.63, 3.8) is 0 Å². The number of carbonyl (C=O) groups is 3. The number of fused-ring (bicyclic) bond motifs is 1. The number of hydrazine groups is 1. The SMILES string of the molecule is C=CCN1CC(=O)N2C(Cc3ccc(O)cc3)C(=O)N(Cc3ccc(OC)c(OC)c3)CC2N1C(=O)NCc1ccccc1. The Morgan fingerprint density at radius 2 is 1.68 bits per heavy atom. The van der Waals surface area contributed by atoms with E-state index in [4.69, 9.17) is 9.47 Å². The number of hydrogen-bond donors (Lipinski definition) is 2. The van der Waals surface area contributed by atoms with Crippen molar-refractivity contribution in [3.8, 4) is 17.2 Å². The molecule has 0 aliphatic carbocycles. The maximum absolute atomic E-state index is 14.2. The van der Waals surface area contributed by atoms with Gasteiger partial charge in [-0.1, -0.05) is 54.6 Å². The zero-order chi connectivity index (χ0) is 31.2. The largest absolute Gasteiger partial charge is 0.508 e. The Bertz CT molecular complexity index is 1500. The lowest BCUT2D eigenvalue weighted by atomic mass is 9.98. The van der Waals surface area contributed by atoms with E-state index in [2.05, 4.69) is 11.9 Å². The number of hydrogen-bond acceptors (Lipinski definition) is 7. The Morgan fingerprint density at radius 1 is 0.977 bits per heavy atom. The second-order valence-corrected chi connectivity index (χ2v) is 10.7. The summed E-state index contributed by atoms with van der Waals surface area (Å²) in [6.45, 7) is 4.63. The Labute approximate surface area is 256 Å². The average Bonchev–Trinajstić information content (AvgIpc) is 3.03. The molecule has 0 radical (unpaired) electrons. The zero-order valence-corrected chi connectivity index (χ0v) is 24.9. The molecule has 2 aliphatic heterocycles. The molecule has 0 spiro atoms. The van der Waals surface area contributed by atoms with Gasteiger partial charge in [-0.05, 0) is 41.0 Å². The molecule has 0 saturated carbocycles. The number of methoxy groups -OCH3 is 2. The first-order valence-corrected chi connectivity index (χ1v) is 14.4. The summed E-state index contributed by atoms with van der Waals surface area (Å²) in [6, 6.07) is 20.3. The molecule has 3 aromatic carbocycles. The van der Waals surface area contributed by atoms with Crippen molar-refractivity contribution in [2.45, 2.75) is 31.7 Å². The van der Waals surface area contributed by atoms with Crippen LogP contribution in [0.4, 0.5) is 4.79 Å². The molecule has 2 N–H and O–H groups in total. The van der Waals surface area contributed by atoms with Gasteiger partial charge in [0, 0.05) is 26.1 Å². The Kier molecular flexibility index (Phi) is 9.35. The summed E-state index contributed by atoms with van der Waals surface area (Å²) in [5.41, 5.74) is 2.51. The van der Waals surface area contributed by atoms with Gasteiger partial charge in [0.05, 0.1) is 27.3 Å². The van der Waals surface area contributed by atoms with Gasteiger partial charge in [0.1, 0.15) is 18.0 Å². The number of amides is 4. The summed E-state index contributed by atoms with van der Waals surface area (Å²) in [7, 11) is 3.10. The van der Waals surface area contributed by atoms with E-state index in [9.17, 15) is 19.5 Å². The highest BCUT2D eigenvalue weighted by Crippen LogP contribution is 2.32. The fraction of sp³-hybridized carbons (Fsp3) is 0.303. The number of rotatable bonds is 10. The third-order valence-corrected chi connectivity index (χ3v) is 7.85. The van der Waals surface area contributed by atoms with E-state index >= 15 is 0 Å². The predicted molar refractivity (Wildman–Crippen MR) is 163 cm³/mol. The van der Waals surface area contributed by atoms with Crippen LogP contribution in [0.1, 0.15) is 16.7 Å². The van der Waals surface area contributed by atoms with Crippen LogP contribution in [0.3, 0.4) is 0 Å². The molecule has 2 saturated heterocycles. The highest BCUT2D eigenvalue weighted by atomic mass is 16.5. The van der Waals surface area contributed by atoms with Gasteiger partial charge in [0.2, 0.25) is 11.8 Å². The Morgan fingerprint density at radius 3 is 2.36 bits per heavy atom. The molecular formula is C33H37N5O6. The highest BCUT2D eigenvalue weighted by molar-refractivity contribution is 5.91. The Hall–Kier alpha value is -5.03. The molecule has 4 amide bonds. The van der Waals surface area contributed by atoms with Gasteiger partial charge in [0.25, 0.3) is 0 Å². The van der Waals surface area contributed by atoms with Gasteiger partial charge in [-0.2, -0.15) is 0 Å². The number of nitrogens with one attached hydrogen (secondary N) is 1. The zero-order valence-electron chi connectivity index (χ0n) is 24.9. The molecule has 44 heavy (non-hydrogen) atoms. The van der Waals surface area contributed by atoms with E-state index in [-0.39, 0.29) is 56.2 Å². The first-order chi connectivity index (χ1) is 21.3. The molecule has 2 atom stereocenters. The first-order valence-electron chi connectivity index (χ1n) is 14.4. The van der Waals surface area contributed by atoms with Crippen molar-refractivity contribution >= 4 is 17.8 Å². The summed E-state index contributed by atoms with van der Waals surface area (Å²) in [6.07, 6.45) is 1.08. The van der Waals surface area contributed by atoms with Crippen molar-refractivity contribution in [2.75, 3.05) is 33.9 Å². The number of phenolic OH excluding ortho intramolecular Hbond substituents is 1. The molecule has 11 heteroatoms. The number of aromatic hydroxyl groups is 1. The van der Waals surface area contributed by atoms with Crippen LogP contribution in [0.5, 0.6) is 17.2 Å². The van der Waals surface area contributed by atoms with E-state index < -0.39 is 12.2 Å².